The molecule has 34 heavy (non-hydrogen) atoms. The number of hydrogen-bond acceptors (Lipinski definition) is 4. The van der Waals surface area contributed by atoms with Gasteiger partial charge in [0.05, 0.1) is 31.7 Å². The van der Waals surface area contributed by atoms with Gasteiger partial charge in [-0.1, -0.05) is 32.0 Å². The third kappa shape index (κ3) is 4.47. The SMILES string of the molecule is CCOc1ccccc1CN1C(=O)c2ccc(-c3ccco3)n2CC1(C)C(=O)NCCC(C)C. The van der Waals surface area contributed by atoms with Gasteiger partial charge in [0.25, 0.3) is 5.91 Å². The summed E-state index contributed by atoms with van der Waals surface area (Å²) < 4.78 is 13.3. The molecule has 0 saturated carbocycles. The van der Waals surface area contributed by atoms with Crippen molar-refractivity contribution in [3.8, 4) is 17.2 Å². The molecule has 1 aliphatic rings. The average Bonchev–Trinajstić information content (AvgIpc) is 3.47. The molecule has 0 saturated heterocycles. The van der Waals surface area contributed by atoms with Crippen molar-refractivity contribution >= 4 is 11.8 Å². The summed E-state index contributed by atoms with van der Waals surface area (Å²) in [5.74, 6) is 1.49. The molecular weight excluding hydrogens is 430 g/mol. The zero-order valence-corrected chi connectivity index (χ0v) is 20.3. The molecular formula is C27H33N3O4. The highest BCUT2D eigenvalue weighted by molar-refractivity contribution is 6.00. The van der Waals surface area contributed by atoms with Crippen LogP contribution in [0, 0.1) is 5.92 Å². The van der Waals surface area contributed by atoms with Crippen molar-refractivity contribution in [2.24, 2.45) is 5.92 Å². The maximum Gasteiger partial charge on any atom is 0.271 e. The van der Waals surface area contributed by atoms with E-state index in [1.807, 2.05) is 60.9 Å². The Hall–Kier alpha value is -3.48. The highest BCUT2D eigenvalue weighted by Crippen LogP contribution is 2.35. The molecule has 0 bridgehead atoms. The second kappa shape index (κ2) is 9.79. The molecule has 1 aliphatic heterocycles. The zero-order chi connectivity index (χ0) is 24.3. The van der Waals surface area contributed by atoms with Crippen LogP contribution < -0.4 is 10.1 Å². The van der Waals surface area contributed by atoms with Crippen molar-refractivity contribution < 1.29 is 18.7 Å². The summed E-state index contributed by atoms with van der Waals surface area (Å²) in [7, 11) is 0. The van der Waals surface area contributed by atoms with Gasteiger partial charge in [-0.05, 0) is 56.5 Å². The van der Waals surface area contributed by atoms with Gasteiger partial charge in [0, 0.05) is 12.1 Å². The number of fused-ring (bicyclic) bond motifs is 1. The van der Waals surface area contributed by atoms with E-state index in [0.717, 1.165) is 23.4 Å². The Balaban J connectivity index is 1.73. The molecule has 0 radical (unpaired) electrons. The van der Waals surface area contributed by atoms with Crippen molar-refractivity contribution in [1.82, 2.24) is 14.8 Å². The number of nitrogens with zero attached hydrogens (tertiary/aromatic N) is 2. The number of amides is 2. The van der Waals surface area contributed by atoms with Gasteiger partial charge in [-0.3, -0.25) is 9.59 Å². The fourth-order valence-electron chi connectivity index (χ4n) is 4.43. The maximum atomic E-state index is 13.8. The minimum Gasteiger partial charge on any atom is -0.494 e. The first-order chi connectivity index (χ1) is 16.3. The molecule has 1 aromatic carbocycles. The highest BCUT2D eigenvalue weighted by atomic mass is 16.5. The Morgan fingerprint density at radius 2 is 1.91 bits per heavy atom. The highest BCUT2D eigenvalue weighted by Gasteiger charge is 2.48. The quantitative estimate of drug-likeness (QED) is 0.498. The Morgan fingerprint density at radius 1 is 1.15 bits per heavy atom. The standard InChI is InChI=1S/C27H33N3O4/c1-5-33-23-10-7-6-9-20(23)17-30-25(31)22-13-12-21(24-11-8-16-34-24)29(22)18-27(30,4)26(32)28-15-14-19(2)3/h6-13,16,19H,5,14-15,17-18H2,1-4H3,(H,28,32). The fraction of sp³-hybridized carbons (Fsp3) is 0.407. The van der Waals surface area contributed by atoms with E-state index in [4.69, 9.17) is 9.15 Å². The first kappa shape index (κ1) is 23.7. The van der Waals surface area contributed by atoms with Gasteiger partial charge >= 0.3 is 0 Å². The third-order valence-electron chi connectivity index (χ3n) is 6.38. The van der Waals surface area contributed by atoms with Crippen LogP contribution in [-0.2, 0) is 17.9 Å². The van der Waals surface area contributed by atoms with Gasteiger partial charge in [0.2, 0.25) is 5.91 Å². The molecule has 1 atom stereocenters. The summed E-state index contributed by atoms with van der Waals surface area (Å²) >= 11 is 0. The number of para-hydroxylation sites is 1. The zero-order valence-electron chi connectivity index (χ0n) is 20.3. The molecule has 7 heteroatoms. The van der Waals surface area contributed by atoms with Crippen LogP contribution in [0.5, 0.6) is 5.75 Å². The molecule has 0 fully saturated rings. The second-order valence-electron chi connectivity index (χ2n) is 9.31. The lowest BCUT2D eigenvalue weighted by molar-refractivity contribution is -0.133. The lowest BCUT2D eigenvalue weighted by atomic mass is 9.93. The van der Waals surface area contributed by atoms with E-state index in [1.165, 1.54) is 0 Å². The molecule has 2 aromatic heterocycles. The fourth-order valence-corrected chi connectivity index (χ4v) is 4.43. The molecule has 2 amide bonds. The summed E-state index contributed by atoms with van der Waals surface area (Å²) in [6, 6.07) is 15.0. The van der Waals surface area contributed by atoms with E-state index < -0.39 is 5.54 Å². The van der Waals surface area contributed by atoms with E-state index in [9.17, 15) is 9.59 Å². The number of aromatic nitrogens is 1. The van der Waals surface area contributed by atoms with Crippen LogP contribution in [0.2, 0.25) is 0 Å². The third-order valence-corrected chi connectivity index (χ3v) is 6.38. The lowest BCUT2D eigenvalue weighted by Crippen LogP contribution is -2.63. The van der Waals surface area contributed by atoms with Gasteiger partial charge < -0.3 is 23.9 Å². The van der Waals surface area contributed by atoms with Gasteiger partial charge in [0.15, 0.2) is 0 Å². The topological polar surface area (TPSA) is 76.7 Å². The number of nitrogens with one attached hydrogen (secondary N) is 1. The minimum absolute atomic E-state index is 0.167. The Kier molecular flexibility index (Phi) is 6.82. The summed E-state index contributed by atoms with van der Waals surface area (Å²) in [5.41, 5.74) is 1.09. The number of carbonyl (C=O) groups excluding carboxylic acids is 2. The summed E-state index contributed by atoms with van der Waals surface area (Å²) in [6.45, 7) is 9.69. The first-order valence-electron chi connectivity index (χ1n) is 11.9. The van der Waals surface area contributed by atoms with Crippen LogP contribution >= 0.6 is 0 Å². The number of furan rings is 1. The van der Waals surface area contributed by atoms with Gasteiger partial charge in [-0.15, -0.1) is 0 Å². The molecule has 3 aromatic rings. The summed E-state index contributed by atoms with van der Waals surface area (Å²) in [5, 5.41) is 3.08. The molecule has 0 spiro atoms. The van der Waals surface area contributed by atoms with Crippen molar-refractivity contribution in [2.45, 2.75) is 52.7 Å². The number of benzene rings is 1. The predicted molar refractivity (Wildman–Crippen MR) is 130 cm³/mol. The molecule has 4 rings (SSSR count). The van der Waals surface area contributed by atoms with Crippen LogP contribution in [0.3, 0.4) is 0 Å². The monoisotopic (exact) mass is 463 g/mol. The Labute approximate surface area is 200 Å². The molecule has 7 nitrogen and oxygen atoms in total. The van der Waals surface area contributed by atoms with E-state index in [0.29, 0.717) is 37.1 Å². The molecule has 1 N–H and O–H groups in total. The largest absolute Gasteiger partial charge is 0.494 e. The van der Waals surface area contributed by atoms with E-state index in [2.05, 4.69) is 19.2 Å². The van der Waals surface area contributed by atoms with E-state index in [-0.39, 0.29) is 18.4 Å². The van der Waals surface area contributed by atoms with Gasteiger partial charge in [-0.25, -0.2) is 0 Å². The van der Waals surface area contributed by atoms with Crippen LogP contribution in [0.1, 0.15) is 50.2 Å². The number of rotatable bonds is 9. The van der Waals surface area contributed by atoms with E-state index >= 15 is 0 Å². The predicted octanol–water partition coefficient (Wildman–Crippen LogP) is 4.72. The van der Waals surface area contributed by atoms with Crippen LogP contribution in [0.25, 0.3) is 11.5 Å². The average molecular weight is 464 g/mol. The van der Waals surface area contributed by atoms with Crippen LogP contribution in [0.4, 0.5) is 0 Å². The molecule has 1 unspecified atom stereocenters. The lowest BCUT2D eigenvalue weighted by Gasteiger charge is -2.44. The van der Waals surface area contributed by atoms with Crippen molar-refractivity contribution in [1.29, 1.82) is 0 Å². The first-order valence-corrected chi connectivity index (χ1v) is 11.9. The Morgan fingerprint density at radius 3 is 2.62 bits per heavy atom. The van der Waals surface area contributed by atoms with Crippen molar-refractivity contribution in [3.05, 3.63) is 66.1 Å². The minimum atomic E-state index is -1.10. The van der Waals surface area contributed by atoms with Gasteiger partial charge in [-0.2, -0.15) is 0 Å². The van der Waals surface area contributed by atoms with Crippen LogP contribution in [0.15, 0.2) is 59.2 Å². The van der Waals surface area contributed by atoms with Crippen molar-refractivity contribution in [3.63, 3.8) is 0 Å². The molecule has 3 heterocycles. The number of hydrogen-bond donors (Lipinski definition) is 1. The number of carbonyl (C=O) groups is 2. The molecule has 0 aliphatic carbocycles. The molecule has 180 valence electrons. The van der Waals surface area contributed by atoms with Crippen LogP contribution in [-0.4, -0.2) is 40.0 Å². The maximum absolute atomic E-state index is 13.8. The summed E-state index contributed by atoms with van der Waals surface area (Å²) in [6.07, 6.45) is 2.48. The van der Waals surface area contributed by atoms with Crippen molar-refractivity contribution in [2.75, 3.05) is 13.2 Å². The second-order valence-corrected chi connectivity index (χ2v) is 9.31. The summed E-state index contributed by atoms with van der Waals surface area (Å²) in [4.78, 5) is 29.1. The van der Waals surface area contributed by atoms with E-state index in [1.54, 1.807) is 17.2 Å². The smallest absolute Gasteiger partial charge is 0.271 e. The normalized spacial score (nSPS) is 17.7. The Bertz CT molecular complexity index is 1150. The number of ether oxygens (including phenoxy) is 1. The van der Waals surface area contributed by atoms with Gasteiger partial charge in [0.1, 0.15) is 22.7 Å².